The summed E-state index contributed by atoms with van der Waals surface area (Å²) in [5.41, 5.74) is 0.0321. The molecule has 114 valence electrons. The Morgan fingerprint density at radius 2 is 1.68 bits per heavy atom. The molecule has 0 aliphatic rings. The lowest BCUT2D eigenvalue weighted by atomic mass is 10.2. The van der Waals surface area contributed by atoms with Gasteiger partial charge in [-0.25, -0.2) is 13.6 Å². The Morgan fingerprint density at radius 1 is 1.09 bits per heavy atom. The van der Waals surface area contributed by atoms with Crippen LogP contribution >= 0.6 is 0 Å². The average Bonchev–Trinajstić information content (AvgIpc) is 2.46. The van der Waals surface area contributed by atoms with Crippen LogP contribution in [-0.4, -0.2) is 19.2 Å². The third-order valence-corrected chi connectivity index (χ3v) is 3.75. The molecule has 0 fully saturated rings. The minimum atomic E-state index is -3.98. The van der Waals surface area contributed by atoms with E-state index in [0.29, 0.717) is 0 Å². The first kappa shape index (κ1) is 15.6. The van der Waals surface area contributed by atoms with Gasteiger partial charge in [-0.15, -0.1) is 0 Å². The second kappa shape index (κ2) is 5.92. The summed E-state index contributed by atoms with van der Waals surface area (Å²) in [5.74, 6) is -0.606. The zero-order valence-corrected chi connectivity index (χ0v) is 11.9. The predicted octanol–water partition coefficient (Wildman–Crippen LogP) is 1.49. The number of carbonyl (C=O) groups is 1. The molecule has 9 heteroatoms. The summed E-state index contributed by atoms with van der Waals surface area (Å²) < 4.78 is 22.9. The van der Waals surface area contributed by atoms with Crippen molar-refractivity contribution in [2.75, 3.05) is 5.32 Å². The van der Waals surface area contributed by atoms with Crippen molar-refractivity contribution in [2.24, 2.45) is 5.14 Å². The molecule has 2 aromatic carbocycles. The number of sulfonamides is 1. The van der Waals surface area contributed by atoms with Crippen LogP contribution in [0.4, 0.5) is 11.4 Å². The zero-order chi connectivity index (χ0) is 16.3. The van der Waals surface area contributed by atoms with Crippen LogP contribution in [0.1, 0.15) is 10.4 Å². The lowest BCUT2D eigenvalue weighted by molar-refractivity contribution is -0.384. The van der Waals surface area contributed by atoms with Crippen LogP contribution in [0.5, 0.6) is 0 Å². The fourth-order valence-corrected chi connectivity index (χ4v) is 2.44. The van der Waals surface area contributed by atoms with Crippen molar-refractivity contribution in [2.45, 2.75) is 4.90 Å². The van der Waals surface area contributed by atoms with Crippen LogP contribution in [0.25, 0.3) is 0 Å². The fourth-order valence-electron chi connectivity index (χ4n) is 1.75. The molecule has 0 aliphatic carbocycles. The van der Waals surface area contributed by atoms with Gasteiger partial charge >= 0.3 is 0 Å². The maximum atomic E-state index is 12.1. The highest BCUT2D eigenvalue weighted by molar-refractivity contribution is 7.89. The molecule has 0 aliphatic heterocycles. The Balaban J connectivity index is 2.28. The van der Waals surface area contributed by atoms with Gasteiger partial charge in [-0.05, 0) is 24.3 Å². The second-order valence-electron chi connectivity index (χ2n) is 4.30. The first-order chi connectivity index (χ1) is 10.3. The standard InChI is InChI=1S/C13H11N3O5S/c14-22(20,21)12-4-2-1-3-11(12)15-13(17)9-5-7-10(8-6-9)16(18)19/h1-8H,(H,15,17)(H2,14,20,21). The number of rotatable bonds is 4. The highest BCUT2D eigenvalue weighted by Crippen LogP contribution is 2.20. The van der Waals surface area contributed by atoms with Gasteiger partial charge in [-0.3, -0.25) is 14.9 Å². The second-order valence-corrected chi connectivity index (χ2v) is 5.83. The minimum absolute atomic E-state index is 0.0355. The Morgan fingerprint density at radius 3 is 2.23 bits per heavy atom. The largest absolute Gasteiger partial charge is 0.321 e. The number of nitro benzene ring substituents is 1. The lowest BCUT2D eigenvalue weighted by Gasteiger charge is -2.09. The number of nitrogens with one attached hydrogen (secondary N) is 1. The molecule has 0 heterocycles. The normalized spacial score (nSPS) is 11.0. The molecule has 0 saturated carbocycles. The maximum Gasteiger partial charge on any atom is 0.269 e. The van der Waals surface area contributed by atoms with Crippen molar-refractivity contribution < 1.29 is 18.1 Å². The number of hydrogen-bond donors (Lipinski definition) is 2. The molecule has 3 N–H and O–H groups in total. The topological polar surface area (TPSA) is 132 Å². The average molecular weight is 321 g/mol. The first-order valence-electron chi connectivity index (χ1n) is 5.96. The molecule has 8 nitrogen and oxygen atoms in total. The van der Waals surface area contributed by atoms with E-state index in [4.69, 9.17) is 5.14 Å². The van der Waals surface area contributed by atoms with Crippen LogP contribution in [0, 0.1) is 10.1 Å². The van der Waals surface area contributed by atoms with Gasteiger partial charge < -0.3 is 5.32 Å². The van der Waals surface area contributed by atoms with E-state index in [1.165, 1.54) is 42.5 Å². The monoisotopic (exact) mass is 321 g/mol. The van der Waals surface area contributed by atoms with E-state index in [0.717, 1.165) is 0 Å². The van der Waals surface area contributed by atoms with E-state index in [1.807, 2.05) is 0 Å². The third kappa shape index (κ3) is 3.45. The molecule has 2 rings (SSSR count). The van der Waals surface area contributed by atoms with E-state index >= 15 is 0 Å². The molecule has 22 heavy (non-hydrogen) atoms. The highest BCUT2D eigenvalue weighted by atomic mass is 32.2. The predicted molar refractivity (Wildman–Crippen MR) is 78.9 cm³/mol. The van der Waals surface area contributed by atoms with Gasteiger partial charge in [-0.1, -0.05) is 12.1 Å². The molecule has 2 aromatic rings. The van der Waals surface area contributed by atoms with Gasteiger partial charge in [0.1, 0.15) is 4.90 Å². The molecule has 0 aromatic heterocycles. The summed E-state index contributed by atoms with van der Waals surface area (Å²) in [6, 6.07) is 10.6. The summed E-state index contributed by atoms with van der Waals surface area (Å²) >= 11 is 0. The fraction of sp³-hybridized carbons (Fsp3) is 0. The molecule has 0 spiro atoms. The van der Waals surface area contributed by atoms with Crippen LogP contribution in [0.2, 0.25) is 0 Å². The van der Waals surface area contributed by atoms with Gasteiger partial charge in [0.2, 0.25) is 10.0 Å². The maximum absolute atomic E-state index is 12.1. The number of para-hydroxylation sites is 1. The van der Waals surface area contributed by atoms with Crippen LogP contribution in [-0.2, 0) is 10.0 Å². The number of nitrogens with zero attached hydrogens (tertiary/aromatic N) is 1. The summed E-state index contributed by atoms with van der Waals surface area (Å²) in [6.45, 7) is 0. The summed E-state index contributed by atoms with van der Waals surface area (Å²) in [6.07, 6.45) is 0. The molecular weight excluding hydrogens is 310 g/mol. The Bertz CT molecular complexity index is 831. The molecule has 0 saturated heterocycles. The summed E-state index contributed by atoms with van der Waals surface area (Å²) in [7, 11) is -3.98. The molecule has 0 bridgehead atoms. The number of primary sulfonamides is 1. The van der Waals surface area contributed by atoms with Gasteiger partial charge in [-0.2, -0.15) is 0 Å². The van der Waals surface area contributed by atoms with E-state index in [9.17, 15) is 23.3 Å². The molecule has 0 unspecified atom stereocenters. The number of hydrogen-bond acceptors (Lipinski definition) is 5. The van der Waals surface area contributed by atoms with Gasteiger partial charge in [0, 0.05) is 17.7 Å². The van der Waals surface area contributed by atoms with Crippen LogP contribution in [0.15, 0.2) is 53.4 Å². The number of benzene rings is 2. The van der Waals surface area contributed by atoms with Crippen molar-refractivity contribution in [3.63, 3.8) is 0 Å². The van der Waals surface area contributed by atoms with Gasteiger partial charge in [0.15, 0.2) is 0 Å². The number of carbonyl (C=O) groups excluding carboxylic acids is 1. The highest BCUT2D eigenvalue weighted by Gasteiger charge is 2.16. The van der Waals surface area contributed by atoms with E-state index in [2.05, 4.69) is 5.32 Å². The molecule has 0 radical (unpaired) electrons. The Kier molecular flexibility index (Phi) is 4.20. The summed E-state index contributed by atoms with van der Waals surface area (Å²) in [5, 5.41) is 18.0. The third-order valence-electron chi connectivity index (χ3n) is 2.78. The van der Waals surface area contributed by atoms with Gasteiger partial charge in [0.05, 0.1) is 10.6 Å². The number of nitro groups is 1. The van der Waals surface area contributed by atoms with Crippen molar-refractivity contribution in [1.82, 2.24) is 0 Å². The molecule has 1 amide bonds. The van der Waals surface area contributed by atoms with Crippen molar-refractivity contribution in [1.29, 1.82) is 0 Å². The van der Waals surface area contributed by atoms with Crippen molar-refractivity contribution in [3.05, 3.63) is 64.2 Å². The SMILES string of the molecule is NS(=O)(=O)c1ccccc1NC(=O)c1ccc([N+](=O)[O-])cc1. The Labute approximate surface area is 125 Å². The number of amides is 1. The van der Waals surface area contributed by atoms with E-state index in [1.54, 1.807) is 6.07 Å². The lowest BCUT2D eigenvalue weighted by Crippen LogP contribution is -2.18. The number of nitrogens with two attached hydrogens (primary N) is 1. The zero-order valence-electron chi connectivity index (χ0n) is 11.1. The number of non-ortho nitro benzene ring substituents is 1. The van der Waals surface area contributed by atoms with Crippen LogP contribution < -0.4 is 10.5 Å². The van der Waals surface area contributed by atoms with E-state index < -0.39 is 20.9 Å². The quantitative estimate of drug-likeness (QED) is 0.650. The van der Waals surface area contributed by atoms with Crippen LogP contribution in [0.3, 0.4) is 0 Å². The van der Waals surface area contributed by atoms with Crippen molar-refractivity contribution >= 4 is 27.3 Å². The smallest absolute Gasteiger partial charge is 0.269 e. The molecular formula is C13H11N3O5S. The Hall–Kier alpha value is -2.78. The molecule has 0 atom stereocenters. The van der Waals surface area contributed by atoms with Crippen molar-refractivity contribution in [3.8, 4) is 0 Å². The first-order valence-corrected chi connectivity index (χ1v) is 7.51. The summed E-state index contributed by atoms with van der Waals surface area (Å²) in [4.78, 5) is 21.8. The number of anilines is 1. The minimum Gasteiger partial charge on any atom is -0.321 e. The van der Waals surface area contributed by atoms with E-state index in [-0.39, 0.29) is 21.8 Å². The van der Waals surface area contributed by atoms with Gasteiger partial charge in [0.25, 0.3) is 11.6 Å².